The van der Waals surface area contributed by atoms with Crippen molar-refractivity contribution in [1.82, 2.24) is 15.0 Å². The number of hydrogen-bond acceptors (Lipinski definition) is 12. The van der Waals surface area contributed by atoms with Crippen molar-refractivity contribution in [3.63, 3.8) is 0 Å². The van der Waals surface area contributed by atoms with Crippen molar-refractivity contribution in [2.45, 2.75) is 0 Å². The van der Waals surface area contributed by atoms with E-state index in [4.69, 9.17) is 27.7 Å². The van der Waals surface area contributed by atoms with E-state index in [9.17, 15) is 33.3 Å². The Labute approximate surface area is 253 Å². The second-order valence-corrected chi connectivity index (χ2v) is 9.11. The molecule has 0 aliphatic rings. The van der Waals surface area contributed by atoms with E-state index in [-0.39, 0.29) is 56.2 Å². The Kier molecular flexibility index (Phi) is 7.22. The largest absolute Gasteiger partial charge is 0.396 e. The molecule has 0 unspecified atom stereocenters. The molecule has 0 radical (unpaired) electrons. The standard InChI is InChI=1S/C29H9F4N13/c30-21-19(11(5-35)6-36)22(31)24(33)20(23(21)32)12(7-37)9-42-46-17-3-14-13-2-16(39)28(40)45-26(13)27-15(25(14)44-29(17)41)1-10(4-34)18(8-38)43-27/h1-3,35H,(H5,39,40,41,43,44,45,46)/p+1. The molecule has 0 saturated heterocycles. The first-order chi connectivity index (χ1) is 22.0. The lowest BCUT2D eigenvalue weighted by atomic mass is 10.0. The number of anilines is 4. The molecule has 3 aromatic heterocycles. The Morgan fingerprint density at radius 2 is 1.20 bits per heavy atom. The quantitative estimate of drug-likeness (QED) is 0.0918. The van der Waals surface area contributed by atoms with Crippen LogP contribution in [0.2, 0.25) is 0 Å². The monoisotopic (exact) mass is 616 g/mol. The predicted molar refractivity (Wildman–Crippen MR) is 155 cm³/mol. The van der Waals surface area contributed by atoms with Crippen molar-refractivity contribution in [3.8, 4) is 36.4 Å². The van der Waals surface area contributed by atoms with Crippen LogP contribution < -0.4 is 33.1 Å². The second-order valence-electron chi connectivity index (χ2n) is 9.11. The summed E-state index contributed by atoms with van der Waals surface area (Å²) in [4.78, 5) is 16.5. The van der Waals surface area contributed by atoms with Gasteiger partial charge in [0.05, 0.1) is 37.7 Å². The third kappa shape index (κ3) is 4.49. The zero-order chi connectivity index (χ0) is 33.4. The van der Waals surface area contributed by atoms with Gasteiger partial charge < -0.3 is 17.2 Å². The molecule has 0 fully saturated rings. The summed E-state index contributed by atoms with van der Waals surface area (Å²) in [6, 6.07) is 13.5. The third-order valence-electron chi connectivity index (χ3n) is 6.60. The van der Waals surface area contributed by atoms with E-state index in [0.29, 0.717) is 10.8 Å². The topological polar surface area (TPSA) is 252 Å². The number of halogens is 4. The number of nitrogens with one attached hydrogen (secondary N) is 1. The van der Waals surface area contributed by atoms with Crippen LogP contribution in [0.15, 0.2) is 18.2 Å². The van der Waals surface area contributed by atoms with E-state index in [1.54, 1.807) is 0 Å². The van der Waals surface area contributed by atoms with Crippen molar-refractivity contribution in [2.75, 3.05) is 22.6 Å². The first-order valence-corrected chi connectivity index (χ1v) is 12.3. The lowest BCUT2D eigenvalue weighted by Crippen LogP contribution is -2.31. The highest BCUT2D eigenvalue weighted by atomic mass is 19.2. The van der Waals surface area contributed by atoms with Crippen molar-refractivity contribution in [2.24, 2.45) is 0 Å². The molecule has 0 bridgehead atoms. The van der Waals surface area contributed by atoms with Gasteiger partial charge in [0, 0.05) is 16.2 Å². The van der Waals surface area contributed by atoms with Crippen LogP contribution in [0.3, 0.4) is 0 Å². The molecule has 0 saturated carbocycles. The summed E-state index contributed by atoms with van der Waals surface area (Å²) in [7, 11) is 0. The van der Waals surface area contributed by atoms with Gasteiger partial charge in [0.25, 0.3) is 0 Å². The molecule has 0 atom stereocenters. The van der Waals surface area contributed by atoms with Gasteiger partial charge >= 0.3 is 6.07 Å². The Morgan fingerprint density at radius 1 is 0.652 bits per heavy atom. The molecule has 7 N–H and O–H groups in total. The highest BCUT2D eigenvalue weighted by Gasteiger charge is 2.24. The van der Waals surface area contributed by atoms with Crippen LogP contribution in [0.25, 0.3) is 48.8 Å². The fraction of sp³-hybridized carbons (Fsp3) is 0. The maximum Gasteiger partial charge on any atom is 0.370 e. The lowest BCUT2D eigenvalue weighted by Gasteiger charge is -2.12. The van der Waals surface area contributed by atoms with Crippen molar-refractivity contribution in [3.05, 3.63) is 68.1 Å². The van der Waals surface area contributed by atoms with Crippen molar-refractivity contribution in [1.29, 1.82) is 26.3 Å². The van der Waals surface area contributed by atoms with E-state index < -0.39 is 44.9 Å². The van der Waals surface area contributed by atoms with E-state index in [0.717, 1.165) is 12.1 Å². The molecule has 5 rings (SSSR count). The van der Waals surface area contributed by atoms with Gasteiger partial charge in [0.2, 0.25) is 0 Å². The molecule has 3 heterocycles. The number of nitrogens with zero attached hydrogens (tertiary/aromatic N) is 9. The number of hydrogen-bond donors (Lipinski definition) is 4. The molecule has 13 nitrogen and oxygen atoms in total. The molecule has 46 heavy (non-hydrogen) atoms. The second kappa shape index (κ2) is 11.2. The number of pyridine rings is 3. The number of rotatable bonds is 1. The van der Waals surface area contributed by atoms with E-state index >= 15 is 0 Å². The van der Waals surface area contributed by atoms with Gasteiger partial charge in [-0.25, -0.2) is 32.5 Å². The summed E-state index contributed by atoms with van der Waals surface area (Å²) in [6.45, 7) is 0. The van der Waals surface area contributed by atoms with Crippen LogP contribution in [0.4, 0.5) is 40.6 Å². The highest BCUT2D eigenvalue weighted by molar-refractivity contribution is 6.23. The Bertz CT molecular complexity index is 2610. The molecule has 0 aliphatic heterocycles. The molecule has 2 aromatic carbocycles. The summed E-state index contributed by atoms with van der Waals surface area (Å²) >= 11 is 0. The van der Waals surface area contributed by atoms with E-state index in [1.807, 2.05) is 18.2 Å². The SMILES string of the molecule is N#CC(C#N)=c1c(F)c(F)c(=C(C#N)C#[N+]Nc2cc3c4cc(N)c(N)nc4c4nc(C#N)c(C#N)cc4c3nc2N)c(F)c1F. The van der Waals surface area contributed by atoms with Crippen LogP contribution in [0.5, 0.6) is 0 Å². The zero-order valence-corrected chi connectivity index (χ0v) is 22.5. The highest BCUT2D eigenvalue weighted by Crippen LogP contribution is 2.37. The summed E-state index contributed by atoms with van der Waals surface area (Å²) in [6.07, 6.45) is 0. The molecule has 17 heteroatoms. The van der Waals surface area contributed by atoms with Crippen LogP contribution in [0, 0.1) is 86.0 Å². The fourth-order valence-electron chi connectivity index (χ4n) is 4.49. The van der Waals surface area contributed by atoms with Crippen LogP contribution >= 0.6 is 0 Å². The molecule has 0 spiro atoms. The Morgan fingerprint density at radius 3 is 1.76 bits per heavy atom. The lowest BCUT2D eigenvalue weighted by molar-refractivity contribution is 0.434. The minimum atomic E-state index is -2.08. The van der Waals surface area contributed by atoms with Gasteiger partial charge in [-0.2, -0.15) is 26.3 Å². The van der Waals surface area contributed by atoms with E-state index in [2.05, 4.69) is 25.3 Å². The summed E-state index contributed by atoms with van der Waals surface area (Å²) in [5, 5.41) is 44.2. The summed E-state index contributed by atoms with van der Waals surface area (Å²) in [5.41, 5.74) is 18.4. The minimum absolute atomic E-state index is 0.0481. The molecule has 5 aromatic rings. The van der Waals surface area contributed by atoms with Crippen LogP contribution in [-0.2, 0) is 0 Å². The predicted octanol–water partition coefficient (Wildman–Crippen LogP) is 2.61. The molecular formula is C29H10F4N13+. The van der Waals surface area contributed by atoms with Gasteiger partial charge in [-0.15, -0.1) is 0 Å². The number of aromatic nitrogens is 3. The summed E-state index contributed by atoms with van der Waals surface area (Å²) < 4.78 is 58.8. The minimum Gasteiger partial charge on any atom is -0.396 e. The number of fused-ring (bicyclic) bond motifs is 6. The molecule has 0 aliphatic carbocycles. The number of nitrogen functional groups attached to an aromatic ring is 3. The normalized spacial score (nSPS) is 10.2. The van der Waals surface area contributed by atoms with Crippen LogP contribution in [0.1, 0.15) is 11.3 Å². The van der Waals surface area contributed by atoms with Gasteiger partial charge in [0.15, 0.2) is 46.0 Å². The molecule has 218 valence electrons. The number of nitrogens with two attached hydrogens (primary N) is 3. The maximum absolute atomic E-state index is 14.8. The van der Waals surface area contributed by atoms with Crippen molar-refractivity contribution < 1.29 is 17.6 Å². The average Bonchev–Trinajstić information content (AvgIpc) is 3.05. The fourth-order valence-corrected chi connectivity index (χ4v) is 4.49. The molecule has 0 amide bonds. The van der Waals surface area contributed by atoms with Crippen molar-refractivity contribution >= 4 is 66.9 Å². The smallest absolute Gasteiger partial charge is 0.370 e. The maximum atomic E-state index is 14.8. The Hall–Kier alpha value is -7.73. The van der Waals surface area contributed by atoms with Gasteiger partial charge in [-0.05, 0) is 23.6 Å². The van der Waals surface area contributed by atoms with Gasteiger partial charge in [-0.3, -0.25) is 0 Å². The zero-order valence-electron chi connectivity index (χ0n) is 22.5. The third-order valence-corrected chi connectivity index (χ3v) is 6.60. The van der Waals surface area contributed by atoms with Gasteiger partial charge in [0.1, 0.15) is 47.3 Å². The summed E-state index contributed by atoms with van der Waals surface area (Å²) in [5.74, 6) is -8.59. The molecular weight excluding hydrogens is 606 g/mol. The first kappa shape index (κ1) is 29.8. The first-order valence-electron chi connectivity index (χ1n) is 12.3. The van der Waals surface area contributed by atoms with Gasteiger partial charge in [-0.1, -0.05) is 0 Å². The van der Waals surface area contributed by atoms with E-state index in [1.165, 1.54) is 24.3 Å². The van der Waals surface area contributed by atoms with Crippen LogP contribution in [-0.4, -0.2) is 15.0 Å². The number of nitriles is 5. The number of benzene rings is 2. The Balaban J connectivity index is 1.76. The average molecular weight is 616 g/mol.